The number of rotatable bonds is 27. The van der Waals surface area contributed by atoms with Crippen LogP contribution in [-0.4, -0.2) is 46.1 Å². The molecule has 3 atom stereocenters. The third-order valence-electron chi connectivity index (χ3n) is 7.13. The SMILES string of the molecule is CCCCCCCC/C=C\CCCCC(O)C(=O)NC(CO)C(O)CCCCCCCCCCCC. The van der Waals surface area contributed by atoms with Gasteiger partial charge in [0.1, 0.15) is 6.10 Å². The Bertz CT molecular complexity index is 497. The first-order valence-corrected chi connectivity index (χ1v) is 15.5. The fourth-order valence-corrected chi connectivity index (χ4v) is 4.59. The summed E-state index contributed by atoms with van der Waals surface area (Å²) in [5.74, 6) is -0.491. The Kier molecular flexibility index (Phi) is 26.4. The van der Waals surface area contributed by atoms with E-state index in [0.717, 1.165) is 38.5 Å². The fourth-order valence-electron chi connectivity index (χ4n) is 4.59. The maximum atomic E-state index is 12.3. The van der Waals surface area contributed by atoms with Crippen LogP contribution < -0.4 is 5.32 Å². The molecule has 5 nitrogen and oxygen atoms in total. The number of hydrogen-bond donors (Lipinski definition) is 4. The van der Waals surface area contributed by atoms with Crippen molar-refractivity contribution in [2.24, 2.45) is 0 Å². The molecule has 0 aromatic carbocycles. The van der Waals surface area contributed by atoms with E-state index in [4.69, 9.17) is 0 Å². The Labute approximate surface area is 223 Å². The molecule has 0 aromatic rings. The highest BCUT2D eigenvalue weighted by atomic mass is 16.3. The predicted octanol–water partition coefficient (Wildman–Crippen LogP) is 7.36. The number of amides is 1. The van der Waals surface area contributed by atoms with E-state index in [2.05, 4.69) is 31.3 Å². The van der Waals surface area contributed by atoms with Gasteiger partial charge in [-0.05, 0) is 38.5 Å². The Morgan fingerprint density at radius 1 is 0.639 bits per heavy atom. The lowest BCUT2D eigenvalue weighted by Crippen LogP contribution is -2.49. The fraction of sp³-hybridized carbons (Fsp3) is 0.903. The van der Waals surface area contributed by atoms with Gasteiger partial charge in [-0.3, -0.25) is 4.79 Å². The minimum absolute atomic E-state index is 0.319. The van der Waals surface area contributed by atoms with Crippen molar-refractivity contribution in [2.75, 3.05) is 6.61 Å². The van der Waals surface area contributed by atoms with Gasteiger partial charge in [0.2, 0.25) is 5.91 Å². The zero-order chi connectivity index (χ0) is 26.7. The number of aliphatic hydroxyl groups excluding tert-OH is 3. The van der Waals surface area contributed by atoms with Crippen LogP contribution in [0.15, 0.2) is 12.2 Å². The minimum Gasteiger partial charge on any atom is -0.394 e. The lowest BCUT2D eigenvalue weighted by Gasteiger charge is -2.23. The molecule has 0 saturated heterocycles. The maximum Gasteiger partial charge on any atom is 0.249 e. The molecule has 0 heterocycles. The first kappa shape index (κ1) is 35.1. The lowest BCUT2D eigenvalue weighted by atomic mass is 10.0. The second kappa shape index (κ2) is 27.1. The van der Waals surface area contributed by atoms with Crippen molar-refractivity contribution in [3.05, 3.63) is 12.2 Å². The highest BCUT2D eigenvalue weighted by Crippen LogP contribution is 2.14. The molecule has 0 spiro atoms. The van der Waals surface area contributed by atoms with E-state index in [1.165, 1.54) is 89.9 Å². The van der Waals surface area contributed by atoms with Crippen LogP contribution in [0.25, 0.3) is 0 Å². The number of carbonyl (C=O) groups is 1. The predicted molar refractivity (Wildman–Crippen MR) is 153 cm³/mol. The standard InChI is InChI=1S/C31H61NO4/c1-3-5-7-9-11-13-15-16-18-20-22-24-26-30(35)31(36)32-28(27-33)29(34)25-23-21-19-17-14-12-10-8-6-4-2/h16,18,28-30,33-35H,3-15,17,19-27H2,1-2H3,(H,32,36)/b18-16-. The lowest BCUT2D eigenvalue weighted by molar-refractivity contribution is -0.131. The summed E-state index contributed by atoms with van der Waals surface area (Å²) in [4.78, 5) is 12.3. The normalized spacial score (nSPS) is 14.2. The van der Waals surface area contributed by atoms with Crippen molar-refractivity contribution < 1.29 is 20.1 Å². The van der Waals surface area contributed by atoms with Crippen molar-refractivity contribution in [1.29, 1.82) is 0 Å². The first-order valence-electron chi connectivity index (χ1n) is 15.5. The first-order chi connectivity index (χ1) is 17.6. The van der Waals surface area contributed by atoms with Gasteiger partial charge in [0.25, 0.3) is 0 Å². The number of allylic oxidation sites excluding steroid dienone is 2. The van der Waals surface area contributed by atoms with Crippen molar-refractivity contribution >= 4 is 5.91 Å². The zero-order valence-electron chi connectivity index (χ0n) is 23.9. The van der Waals surface area contributed by atoms with E-state index in [1.54, 1.807) is 0 Å². The van der Waals surface area contributed by atoms with Gasteiger partial charge in [-0.2, -0.15) is 0 Å². The zero-order valence-corrected chi connectivity index (χ0v) is 23.9. The average molecular weight is 512 g/mol. The number of nitrogens with one attached hydrogen (secondary N) is 1. The van der Waals surface area contributed by atoms with Gasteiger partial charge < -0.3 is 20.6 Å². The summed E-state index contributed by atoms with van der Waals surface area (Å²) in [6.45, 7) is 4.16. The molecule has 3 unspecified atom stereocenters. The molecule has 0 fully saturated rings. The minimum atomic E-state index is -1.09. The van der Waals surface area contributed by atoms with Gasteiger partial charge in [-0.15, -0.1) is 0 Å². The van der Waals surface area contributed by atoms with E-state index in [-0.39, 0.29) is 6.61 Å². The van der Waals surface area contributed by atoms with Crippen LogP contribution in [0.4, 0.5) is 0 Å². The van der Waals surface area contributed by atoms with E-state index in [0.29, 0.717) is 12.8 Å². The van der Waals surface area contributed by atoms with Crippen molar-refractivity contribution in [3.63, 3.8) is 0 Å². The molecule has 214 valence electrons. The third kappa shape index (κ3) is 22.3. The van der Waals surface area contributed by atoms with Gasteiger partial charge in [-0.25, -0.2) is 0 Å². The maximum absolute atomic E-state index is 12.3. The number of aliphatic hydroxyl groups is 3. The molecule has 5 heteroatoms. The topological polar surface area (TPSA) is 89.8 Å². The van der Waals surface area contributed by atoms with Gasteiger partial charge in [0, 0.05) is 0 Å². The van der Waals surface area contributed by atoms with Gasteiger partial charge >= 0.3 is 0 Å². The highest BCUT2D eigenvalue weighted by Gasteiger charge is 2.23. The van der Waals surface area contributed by atoms with Crippen molar-refractivity contribution in [1.82, 2.24) is 5.32 Å². The molecule has 0 rings (SSSR count). The summed E-state index contributed by atoms with van der Waals surface area (Å²) in [6, 6.07) is -0.712. The molecule has 4 N–H and O–H groups in total. The summed E-state index contributed by atoms with van der Waals surface area (Å²) >= 11 is 0. The van der Waals surface area contributed by atoms with E-state index < -0.39 is 24.2 Å². The van der Waals surface area contributed by atoms with Gasteiger partial charge in [-0.1, -0.05) is 129 Å². The van der Waals surface area contributed by atoms with Crippen LogP contribution in [0.3, 0.4) is 0 Å². The molecule has 1 amide bonds. The highest BCUT2D eigenvalue weighted by molar-refractivity contribution is 5.80. The average Bonchev–Trinajstić information content (AvgIpc) is 2.88. The smallest absolute Gasteiger partial charge is 0.249 e. The summed E-state index contributed by atoms with van der Waals surface area (Å²) in [5, 5.41) is 32.8. The molecule has 0 saturated carbocycles. The van der Waals surface area contributed by atoms with Crippen LogP contribution >= 0.6 is 0 Å². The third-order valence-corrected chi connectivity index (χ3v) is 7.13. The molecular formula is C31H61NO4. The quantitative estimate of drug-likeness (QED) is 0.0685. The van der Waals surface area contributed by atoms with Crippen LogP contribution in [0, 0.1) is 0 Å². The van der Waals surface area contributed by atoms with Crippen LogP contribution in [-0.2, 0) is 4.79 Å². The summed E-state index contributed by atoms with van der Waals surface area (Å²) in [7, 11) is 0. The molecular weight excluding hydrogens is 450 g/mol. The van der Waals surface area contributed by atoms with Gasteiger partial charge in [0.15, 0.2) is 0 Å². The number of hydrogen-bond acceptors (Lipinski definition) is 4. The molecule has 0 aliphatic rings. The van der Waals surface area contributed by atoms with E-state index in [9.17, 15) is 20.1 Å². The molecule has 36 heavy (non-hydrogen) atoms. The Morgan fingerprint density at radius 2 is 1.06 bits per heavy atom. The van der Waals surface area contributed by atoms with Crippen LogP contribution in [0.1, 0.15) is 155 Å². The Hall–Kier alpha value is -0.910. The molecule has 0 aliphatic carbocycles. The number of carbonyl (C=O) groups excluding carboxylic acids is 1. The van der Waals surface area contributed by atoms with E-state index in [1.807, 2.05) is 0 Å². The second-order valence-corrected chi connectivity index (χ2v) is 10.7. The van der Waals surface area contributed by atoms with E-state index >= 15 is 0 Å². The van der Waals surface area contributed by atoms with Crippen molar-refractivity contribution in [2.45, 2.75) is 173 Å². The Balaban J connectivity index is 3.80. The van der Waals surface area contributed by atoms with Gasteiger partial charge in [0.05, 0.1) is 18.8 Å². The Morgan fingerprint density at radius 3 is 1.56 bits per heavy atom. The summed E-state index contributed by atoms with van der Waals surface area (Å²) in [6.07, 6.45) is 27.6. The van der Waals surface area contributed by atoms with Crippen LogP contribution in [0.2, 0.25) is 0 Å². The molecule has 0 aromatic heterocycles. The summed E-state index contributed by atoms with van der Waals surface area (Å²) < 4.78 is 0. The summed E-state index contributed by atoms with van der Waals surface area (Å²) in [5.41, 5.74) is 0. The molecule has 0 radical (unpaired) electrons. The molecule has 0 aliphatic heterocycles. The number of unbranched alkanes of at least 4 members (excludes halogenated alkanes) is 17. The van der Waals surface area contributed by atoms with Crippen LogP contribution in [0.5, 0.6) is 0 Å². The monoisotopic (exact) mass is 511 g/mol. The molecule has 0 bridgehead atoms. The second-order valence-electron chi connectivity index (χ2n) is 10.7. The largest absolute Gasteiger partial charge is 0.394 e. The van der Waals surface area contributed by atoms with Crippen molar-refractivity contribution in [3.8, 4) is 0 Å².